The van der Waals surface area contributed by atoms with Gasteiger partial charge in [0.25, 0.3) is 5.91 Å². The van der Waals surface area contributed by atoms with Crippen molar-refractivity contribution in [2.75, 3.05) is 24.3 Å². The van der Waals surface area contributed by atoms with Gasteiger partial charge in [0.05, 0.1) is 12.8 Å². The van der Waals surface area contributed by atoms with Crippen molar-refractivity contribution < 1.29 is 19.6 Å². The summed E-state index contributed by atoms with van der Waals surface area (Å²) in [5.41, 5.74) is 3.71. The number of aryl methyl sites for hydroxylation is 1. The Hall–Kier alpha value is -2.86. The van der Waals surface area contributed by atoms with E-state index in [2.05, 4.69) is 61.0 Å². The lowest BCUT2D eigenvalue weighted by molar-refractivity contribution is -0.692. The zero-order chi connectivity index (χ0) is 22.1. The Balaban J connectivity index is 2.04. The maximum atomic E-state index is 12.6. The van der Waals surface area contributed by atoms with E-state index in [1.165, 1.54) is 18.1 Å². The van der Waals surface area contributed by atoms with E-state index in [1.54, 1.807) is 25.3 Å². The number of amides is 2. The van der Waals surface area contributed by atoms with Crippen LogP contribution in [0.4, 0.5) is 11.4 Å². The SMILES string of the molecule is CCCc1ccc([C@H]([NH2+]CC(=O)Nc2cc(NC(C)=O)ccc2OC)C(C)C)cc1. The second-order valence-corrected chi connectivity index (χ2v) is 7.85. The highest BCUT2D eigenvalue weighted by Crippen LogP contribution is 2.27. The number of carbonyl (C=O) groups is 2. The maximum absolute atomic E-state index is 12.6. The van der Waals surface area contributed by atoms with Crippen LogP contribution in [0, 0.1) is 5.92 Å². The molecule has 2 aromatic rings. The van der Waals surface area contributed by atoms with Crippen LogP contribution in [-0.2, 0) is 16.0 Å². The number of methoxy groups -OCH3 is 1. The molecule has 0 aliphatic carbocycles. The minimum absolute atomic E-state index is 0.124. The quantitative estimate of drug-likeness (QED) is 0.558. The number of benzene rings is 2. The Morgan fingerprint density at radius 3 is 2.33 bits per heavy atom. The van der Waals surface area contributed by atoms with Gasteiger partial charge in [0, 0.05) is 24.1 Å². The van der Waals surface area contributed by atoms with E-state index < -0.39 is 0 Å². The minimum Gasteiger partial charge on any atom is -0.495 e. The van der Waals surface area contributed by atoms with Gasteiger partial charge >= 0.3 is 0 Å². The monoisotopic (exact) mass is 412 g/mol. The number of nitrogens with one attached hydrogen (secondary N) is 2. The van der Waals surface area contributed by atoms with Crippen LogP contribution in [0.2, 0.25) is 0 Å². The lowest BCUT2D eigenvalue weighted by Gasteiger charge is -2.20. The Kier molecular flexibility index (Phi) is 8.87. The normalized spacial score (nSPS) is 11.8. The number of ether oxygens (including phenoxy) is 1. The molecule has 1 atom stereocenters. The van der Waals surface area contributed by atoms with Crippen LogP contribution >= 0.6 is 0 Å². The van der Waals surface area contributed by atoms with Crippen molar-refractivity contribution in [1.82, 2.24) is 0 Å². The molecule has 0 spiro atoms. The molecule has 0 bridgehead atoms. The number of rotatable bonds is 10. The van der Waals surface area contributed by atoms with Gasteiger partial charge in [-0.3, -0.25) is 9.59 Å². The van der Waals surface area contributed by atoms with Crippen molar-refractivity contribution in [1.29, 1.82) is 0 Å². The molecule has 4 N–H and O–H groups in total. The fourth-order valence-electron chi connectivity index (χ4n) is 3.51. The summed E-state index contributed by atoms with van der Waals surface area (Å²) in [7, 11) is 1.55. The van der Waals surface area contributed by atoms with E-state index in [9.17, 15) is 9.59 Å². The number of nitrogens with two attached hydrogens (primary N) is 1. The second kappa shape index (κ2) is 11.4. The molecule has 0 aliphatic rings. The van der Waals surface area contributed by atoms with Crippen molar-refractivity contribution in [2.24, 2.45) is 5.92 Å². The number of hydrogen-bond donors (Lipinski definition) is 3. The Morgan fingerprint density at radius 1 is 1.07 bits per heavy atom. The minimum atomic E-state index is -0.171. The molecule has 0 aliphatic heterocycles. The summed E-state index contributed by atoms with van der Waals surface area (Å²) >= 11 is 0. The molecule has 0 unspecified atom stereocenters. The maximum Gasteiger partial charge on any atom is 0.279 e. The van der Waals surface area contributed by atoms with Gasteiger partial charge in [-0.1, -0.05) is 51.5 Å². The highest BCUT2D eigenvalue weighted by Gasteiger charge is 2.21. The van der Waals surface area contributed by atoms with Gasteiger partial charge in [-0.2, -0.15) is 0 Å². The molecular formula is C24H34N3O3+. The molecule has 0 fully saturated rings. The summed E-state index contributed by atoms with van der Waals surface area (Å²) in [6.45, 7) is 8.24. The third kappa shape index (κ3) is 6.88. The average molecular weight is 413 g/mol. The lowest BCUT2D eigenvalue weighted by Crippen LogP contribution is -2.88. The van der Waals surface area contributed by atoms with Gasteiger partial charge in [-0.05, 0) is 30.2 Å². The number of anilines is 2. The van der Waals surface area contributed by atoms with Crippen LogP contribution in [0.3, 0.4) is 0 Å². The predicted octanol–water partition coefficient (Wildman–Crippen LogP) is 3.51. The van der Waals surface area contributed by atoms with Crippen LogP contribution in [0.1, 0.15) is 51.3 Å². The fourth-order valence-corrected chi connectivity index (χ4v) is 3.51. The Labute approximate surface area is 179 Å². The van der Waals surface area contributed by atoms with Crippen molar-refractivity contribution in [3.05, 3.63) is 53.6 Å². The van der Waals surface area contributed by atoms with E-state index in [1.807, 2.05) is 0 Å². The topological polar surface area (TPSA) is 84.0 Å². The number of hydrogen-bond acceptors (Lipinski definition) is 3. The molecule has 0 radical (unpaired) electrons. The van der Waals surface area contributed by atoms with Gasteiger partial charge in [0.15, 0.2) is 6.54 Å². The molecule has 6 heteroatoms. The van der Waals surface area contributed by atoms with Crippen molar-refractivity contribution in [3.63, 3.8) is 0 Å². The predicted molar refractivity (Wildman–Crippen MR) is 121 cm³/mol. The highest BCUT2D eigenvalue weighted by molar-refractivity contribution is 5.95. The van der Waals surface area contributed by atoms with Crippen LogP contribution in [0.15, 0.2) is 42.5 Å². The second-order valence-electron chi connectivity index (χ2n) is 7.85. The molecule has 2 amide bonds. The number of carbonyl (C=O) groups excluding carboxylic acids is 2. The first kappa shape index (κ1) is 23.4. The lowest BCUT2D eigenvalue weighted by atomic mass is 9.94. The van der Waals surface area contributed by atoms with E-state index in [-0.39, 0.29) is 24.4 Å². The van der Waals surface area contributed by atoms with Crippen molar-refractivity contribution >= 4 is 23.2 Å². The van der Waals surface area contributed by atoms with Gasteiger partial charge in [0.1, 0.15) is 11.8 Å². The summed E-state index contributed by atoms with van der Waals surface area (Å²) in [4.78, 5) is 23.9. The first-order valence-electron chi connectivity index (χ1n) is 10.5. The van der Waals surface area contributed by atoms with Gasteiger partial charge in [-0.25, -0.2) is 0 Å². The summed E-state index contributed by atoms with van der Waals surface area (Å²) in [6.07, 6.45) is 2.21. The molecule has 0 heterocycles. The molecular weight excluding hydrogens is 378 g/mol. The smallest absolute Gasteiger partial charge is 0.279 e. The Bertz CT molecular complexity index is 847. The molecule has 2 rings (SSSR count). The Morgan fingerprint density at radius 2 is 1.77 bits per heavy atom. The third-order valence-electron chi connectivity index (χ3n) is 4.97. The zero-order valence-corrected chi connectivity index (χ0v) is 18.6. The van der Waals surface area contributed by atoms with Gasteiger partial charge in [0.2, 0.25) is 5.91 Å². The molecule has 6 nitrogen and oxygen atoms in total. The summed E-state index contributed by atoms with van der Waals surface area (Å²) in [5.74, 6) is 0.633. The van der Waals surface area contributed by atoms with Crippen LogP contribution in [0.5, 0.6) is 5.75 Å². The molecule has 0 saturated carbocycles. The van der Waals surface area contributed by atoms with E-state index in [0.29, 0.717) is 23.0 Å². The summed E-state index contributed by atoms with van der Waals surface area (Å²) in [6, 6.07) is 14.1. The number of quaternary nitrogens is 1. The standard InChI is InChI=1S/C24H33N3O3/c1-6-7-18-8-10-19(11-9-18)24(16(2)3)25-15-23(29)27-21-14-20(26-17(4)28)12-13-22(21)30-5/h8-14,16,24-25H,6-7,15H2,1-5H3,(H,26,28)(H,27,29)/p+1/t24-/m1/s1. The third-order valence-corrected chi connectivity index (χ3v) is 4.97. The first-order chi connectivity index (χ1) is 14.3. The zero-order valence-electron chi connectivity index (χ0n) is 18.6. The average Bonchev–Trinajstić information content (AvgIpc) is 2.69. The molecule has 162 valence electrons. The molecule has 0 aromatic heterocycles. The van der Waals surface area contributed by atoms with Gasteiger partial charge in [-0.15, -0.1) is 0 Å². The fraction of sp³-hybridized carbons (Fsp3) is 0.417. The van der Waals surface area contributed by atoms with E-state index >= 15 is 0 Å². The summed E-state index contributed by atoms with van der Waals surface area (Å²) < 4.78 is 5.33. The largest absolute Gasteiger partial charge is 0.495 e. The molecule has 30 heavy (non-hydrogen) atoms. The highest BCUT2D eigenvalue weighted by atomic mass is 16.5. The molecule has 2 aromatic carbocycles. The van der Waals surface area contributed by atoms with Gasteiger partial charge < -0.3 is 20.7 Å². The van der Waals surface area contributed by atoms with Crippen molar-refractivity contribution in [3.8, 4) is 5.75 Å². The van der Waals surface area contributed by atoms with Crippen LogP contribution in [0.25, 0.3) is 0 Å². The van der Waals surface area contributed by atoms with Crippen molar-refractivity contribution in [2.45, 2.75) is 46.6 Å². The first-order valence-corrected chi connectivity index (χ1v) is 10.5. The molecule has 0 saturated heterocycles. The summed E-state index contributed by atoms with van der Waals surface area (Å²) in [5, 5.41) is 7.68. The van der Waals surface area contributed by atoms with Crippen LogP contribution < -0.4 is 20.7 Å². The van der Waals surface area contributed by atoms with Crippen LogP contribution in [-0.4, -0.2) is 25.5 Å². The van der Waals surface area contributed by atoms with E-state index in [0.717, 1.165) is 12.8 Å². The van der Waals surface area contributed by atoms with E-state index in [4.69, 9.17) is 4.74 Å².